The summed E-state index contributed by atoms with van der Waals surface area (Å²) < 4.78 is 1.58. The van der Waals surface area contributed by atoms with Crippen LogP contribution in [0.3, 0.4) is 0 Å². The molecule has 0 aliphatic rings. The molecule has 20 heavy (non-hydrogen) atoms. The van der Waals surface area contributed by atoms with E-state index in [1.807, 2.05) is 4.90 Å². The van der Waals surface area contributed by atoms with Crippen LogP contribution in [-0.4, -0.2) is 56.6 Å². The molecule has 2 rings (SSSR count). The molecule has 0 saturated carbocycles. The minimum Gasteiger partial charge on any atom is -0.395 e. The Morgan fingerprint density at radius 2 is 2.15 bits per heavy atom. The zero-order valence-electron chi connectivity index (χ0n) is 11.7. The third-order valence-corrected chi connectivity index (χ3v) is 2.69. The smallest absolute Gasteiger partial charge is 0.257 e. The van der Waals surface area contributed by atoms with Crippen molar-refractivity contribution in [2.45, 2.75) is 13.3 Å². The summed E-state index contributed by atoms with van der Waals surface area (Å²) in [5.41, 5.74) is 0. The maximum atomic E-state index is 9.16. The molecule has 0 fully saturated rings. The molecule has 2 aromatic heterocycles. The largest absolute Gasteiger partial charge is 0.395 e. The Morgan fingerprint density at radius 3 is 2.75 bits per heavy atom. The van der Waals surface area contributed by atoms with Gasteiger partial charge in [0.1, 0.15) is 0 Å². The highest BCUT2D eigenvalue weighted by Crippen LogP contribution is 2.13. The molecule has 0 aliphatic heterocycles. The molecule has 0 aromatic carbocycles. The van der Waals surface area contributed by atoms with Crippen molar-refractivity contribution in [3.05, 3.63) is 18.5 Å². The van der Waals surface area contributed by atoms with Gasteiger partial charge in [0.05, 0.1) is 6.61 Å². The van der Waals surface area contributed by atoms with Crippen LogP contribution in [0.1, 0.15) is 13.3 Å². The molecule has 2 heterocycles. The summed E-state index contributed by atoms with van der Waals surface area (Å²) in [6.07, 6.45) is 4.38. The molecule has 2 N–H and O–H groups in total. The van der Waals surface area contributed by atoms with E-state index in [2.05, 4.69) is 32.3 Å². The van der Waals surface area contributed by atoms with Crippen molar-refractivity contribution < 1.29 is 5.11 Å². The quantitative estimate of drug-likeness (QED) is 0.752. The van der Waals surface area contributed by atoms with Gasteiger partial charge in [0.2, 0.25) is 11.9 Å². The normalized spacial score (nSPS) is 10.6. The number of nitrogens with zero attached hydrogens (tertiary/aromatic N) is 6. The van der Waals surface area contributed by atoms with Crippen molar-refractivity contribution in [2.24, 2.45) is 0 Å². The number of hydrogen-bond acceptors (Lipinski definition) is 7. The highest BCUT2D eigenvalue weighted by atomic mass is 16.3. The summed E-state index contributed by atoms with van der Waals surface area (Å²) in [6, 6.07) is 1.81. The van der Waals surface area contributed by atoms with E-state index in [4.69, 9.17) is 5.11 Å². The van der Waals surface area contributed by atoms with E-state index in [1.165, 1.54) is 0 Å². The zero-order valence-corrected chi connectivity index (χ0v) is 11.7. The van der Waals surface area contributed by atoms with Crippen LogP contribution in [-0.2, 0) is 0 Å². The van der Waals surface area contributed by atoms with E-state index >= 15 is 0 Å². The summed E-state index contributed by atoms with van der Waals surface area (Å²) in [7, 11) is 1.75. The lowest BCUT2D eigenvalue weighted by Gasteiger charge is -2.21. The third kappa shape index (κ3) is 3.21. The lowest BCUT2D eigenvalue weighted by atomic mass is 10.4. The van der Waals surface area contributed by atoms with Gasteiger partial charge in [-0.3, -0.25) is 0 Å². The maximum absolute atomic E-state index is 9.16. The van der Waals surface area contributed by atoms with Crippen molar-refractivity contribution in [1.82, 2.24) is 24.7 Å². The van der Waals surface area contributed by atoms with Crippen molar-refractivity contribution in [3.8, 4) is 5.95 Å². The molecule has 8 nitrogen and oxygen atoms in total. The first kappa shape index (κ1) is 14.2. The molecule has 0 atom stereocenters. The number of anilines is 2. The summed E-state index contributed by atoms with van der Waals surface area (Å²) in [5.74, 6) is 1.45. The molecule has 0 radical (unpaired) electrons. The monoisotopic (exact) mass is 277 g/mol. The summed E-state index contributed by atoms with van der Waals surface area (Å²) in [6.45, 7) is 3.38. The van der Waals surface area contributed by atoms with Gasteiger partial charge in [-0.25, -0.2) is 4.68 Å². The highest BCUT2D eigenvalue weighted by Gasteiger charge is 2.13. The molecule has 8 heteroatoms. The fourth-order valence-corrected chi connectivity index (χ4v) is 1.80. The van der Waals surface area contributed by atoms with E-state index in [9.17, 15) is 0 Å². The van der Waals surface area contributed by atoms with Crippen molar-refractivity contribution in [1.29, 1.82) is 0 Å². The number of rotatable bonds is 7. The predicted molar refractivity (Wildman–Crippen MR) is 76.1 cm³/mol. The van der Waals surface area contributed by atoms with Crippen LogP contribution >= 0.6 is 0 Å². The fourth-order valence-electron chi connectivity index (χ4n) is 1.80. The maximum Gasteiger partial charge on any atom is 0.257 e. The van der Waals surface area contributed by atoms with E-state index in [0.29, 0.717) is 24.4 Å². The first-order chi connectivity index (χ1) is 9.78. The Labute approximate surface area is 117 Å². The SMILES string of the molecule is CCCN(CCO)c1nc(NC)nc(-n2cccn2)n1. The van der Waals surface area contributed by atoms with Gasteiger partial charge in [-0.05, 0) is 12.5 Å². The third-order valence-electron chi connectivity index (χ3n) is 2.69. The van der Waals surface area contributed by atoms with Gasteiger partial charge >= 0.3 is 0 Å². The van der Waals surface area contributed by atoms with Crippen LogP contribution in [0.25, 0.3) is 5.95 Å². The van der Waals surface area contributed by atoms with Gasteiger partial charge in [-0.2, -0.15) is 20.1 Å². The van der Waals surface area contributed by atoms with Crippen LogP contribution in [0.15, 0.2) is 18.5 Å². The van der Waals surface area contributed by atoms with Crippen molar-refractivity contribution >= 4 is 11.9 Å². The number of aliphatic hydroxyl groups is 1. The Hall–Kier alpha value is -2.22. The molecule has 108 valence electrons. The molecule has 0 bridgehead atoms. The van der Waals surface area contributed by atoms with Crippen molar-refractivity contribution in [3.63, 3.8) is 0 Å². The first-order valence-electron chi connectivity index (χ1n) is 6.58. The molecule has 0 unspecified atom stereocenters. The lowest BCUT2D eigenvalue weighted by Crippen LogP contribution is -2.30. The average Bonchev–Trinajstić information content (AvgIpc) is 3.01. The van der Waals surface area contributed by atoms with E-state index < -0.39 is 0 Å². The van der Waals surface area contributed by atoms with Gasteiger partial charge < -0.3 is 15.3 Å². The topological polar surface area (TPSA) is 92.0 Å². The fraction of sp³-hybridized carbons (Fsp3) is 0.500. The summed E-state index contributed by atoms with van der Waals surface area (Å²) in [4.78, 5) is 15.0. The average molecular weight is 277 g/mol. The van der Waals surface area contributed by atoms with Crippen LogP contribution < -0.4 is 10.2 Å². The number of aliphatic hydroxyl groups excluding tert-OH is 1. The summed E-state index contributed by atoms with van der Waals surface area (Å²) >= 11 is 0. The Balaban J connectivity index is 2.38. The van der Waals surface area contributed by atoms with Crippen LogP contribution in [0.4, 0.5) is 11.9 Å². The molecule has 0 spiro atoms. The van der Waals surface area contributed by atoms with E-state index in [1.54, 1.807) is 30.2 Å². The molecule has 0 amide bonds. The van der Waals surface area contributed by atoms with Gasteiger partial charge in [0.25, 0.3) is 5.95 Å². The number of hydrogen-bond donors (Lipinski definition) is 2. The molecule has 2 aromatic rings. The van der Waals surface area contributed by atoms with Crippen LogP contribution in [0.2, 0.25) is 0 Å². The standard InChI is InChI=1S/C12H19N7O/c1-3-6-18(8-9-20)11-15-10(13-2)16-12(17-11)19-7-4-5-14-19/h4-5,7,20H,3,6,8-9H2,1-2H3,(H,13,15,16,17). The highest BCUT2D eigenvalue weighted by molar-refractivity contribution is 5.39. The summed E-state index contributed by atoms with van der Waals surface area (Å²) in [5, 5.41) is 16.2. The molecular formula is C12H19N7O. The second-order valence-corrected chi connectivity index (χ2v) is 4.17. The van der Waals surface area contributed by atoms with E-state index in [0.717, 1.165) is 13.0 Å². The zero-order chi connectivity index (χ0) is 14.4. The minimum absolute atomic E-state index is 0.0532. The number of aromatic nitrogens is 5. The van der Waals surface area contributed by atoms with Crippen LogP contribution in [0.5, 0.6) is 0 Å². The van der Waals surface area contributed by atoms with Gasteiger partial charge in [0.15, 0.2) is 0 Å². The van der Waals surface area contributed by atoms with Gasteiger partial charge in [-0.15, -0.1) is 0 Å². The van der Waals surface area contributed by atoms with Gasteiger partial charge in [0, 0.05) is 32.5 Å². The second kappa shape index (κ2) is 6.80. The Morgan fingerprint density at radius 1 is 1.30 bits per heavy atom. The van der Waals surface area contributed by atoms with Crippen LogP contribution in [0, 0.1) is 0 Å². The van der Waals surface area contributed by atoms with Gasteiger partial charge in [-0.1, -0.05) is 6.92 Å². The minimum atomic E-state index is 0.0532. The van der Waals surface area contributed by atoms with E-state index in [-0.39, 0.29) is 6.61 Å². The second-order valence-electron chi connectivity index (χ2n) is 4.17. The van der Waals surface area contributed by atoms with Crippen molar-refractivity contribution in [2.75, 3.05) is 37.0 Å². The Kier molecular flexibility index (Phi) is 4.83. The number of nitrogens with one attached hydrogen (secondary N) is 1. The molecule has 0 saturated heterocycles. The Bertz CT molecular complexity index is 523. The lowest BCUT2D eigenvalue weighted by molar-refractivity contribution is 0.301. The first-order valence-corrected chi connectivity index (χ1v) is 6.58. The predicted octanol–water partition coefficient (Wildman–Crippen LogP) is 0.308. The molecular weight excluding hydrogens is 258 g/mol. The molecule has 0 aliphatic carbocycles.